The van der Waals surface area contributed by atoms with Crippen LogP contribution < -0.4 is 15.1 Å². The highest BCUT2D eigenvalue weighted by Gasteiger charge is 2.56. The highest BCUT2D eigenvalue weighted by atomic mass is 16.2. The van der Waals surface area contributed by atoms with Gasteiger partial charge in [0.25, 0.3) is 5.91 Å². The molecule has 2 aliphatic heterocycles. The first-order chi connectivity index (χ1) is 12.8. The van der Waals surface area contributed by atoms with Crippen molar-refractivity contribution in [2.75, 3.05) is 23.4 Å². The molecule has 1 saturated heterocycles. The molecule has 6 heteroatoms. The lowest BCUT2D eigenvalue weighted by Crippen LogP contribution is -2.68. The van der Waals surface area contributed by atoms with Crippen LogP contribution in [-0.2, 0) is 16.0 Å². The van der Waals surface area contributed by atoms with Gasteiger partial charge in [0.2, 0.25) is 5.91 Å². The Morgan fingerprint density at radius 2 is 1.74 bits per heavy atom. The first-order valence-electron chi connectivity index (χ1n) is 8.89. The molecule has 2 heterocycles. The minimum Gasteiger partial charge on any atom is -0.373 e. The molecular weight excluding hydrogens is 342 g/mol. The molecule has 27 heavy (non-hydrogen) atoms. The molecule has 0 bridgehead atoms. The number of aryl methyl sites for hydroxylation is 2. The van der Waals surface area contributed by atoms with E-state index in [4.69, 9.17) is 0 Å². The van der Waals surface area contributed by atoms with Crippen LogP contribution in [0.1, 0.15) is 16.7 Å². The van der Waals surface area contributed by atoms with Crippen LogP contribution in [-0.4, -0.2) is 31.4 Å². The van der Waals surface area contributed by atoms with Crippen LogP contribution in [0.2, 0.25) is 0 Å². The lowest BCUT2D eigenvalue weighted by atomic mass is 9.74. The Labute approximate surface area is 157 Å². The number of anilines is 2. The third kappa shape index (κ3) is 2.60. The topological polar surface area (TPSA) is 69.7 Å². The smallest absolute Gasteiger partial charge is 0.335 e. The van der Waals surface area contributed by atoms with Crippen molar-refractivity contribution >= 4 is 29.2 Å². The fraction of sp³-hybridized carbons (Fsp3) is 0.286. The van der Waals surface area contributed by atoms with Crippen molar-refractivity contribution in [2.45, 2.75) is 20.3 Å². The average molecular weight is 363 g/mol. The van der Waals surface area contributed by atoms with Gasteiger partial charge in [0.1, 0.15) is 0 Å². The number of urea groups is 1. The molecule has 4 rings (SSSR count). The number of nitrogens with zero attached hydrogens (tertiary/aromatic N) is 2. The number of amides is 4. The molecule has 2 aliphatic rings. The highest BCUT2D eigenvalue weighted by molar-refractivity contribution is 6.30. The second-order valence-electron chi connectivity index (χ2n) is 7.49. The predicted molar refractivity (Wildman–Crippen MR) is 103 cm³/mol. The van der Waals surface area contributed by atoms with Crippen molar-refractivity contribution in [3.8, 4) is 0 Å². The number of carbonyl (C=O) groups excluding carboxylic acids is 3. The van der Waals surface area contributed by atoms with Gasteiger partial charge in [-0.05, 0) is 49.6 Å². The molecule has 4 amide bonds. The molecule has 2 aromatic rings. The summed E-state index contributed by atoms with van der Waals surface area (Å²) >= 11 is 0. The molecule has 0 aromatic heterocycles. The van der Waals surface area contributed by atoms with E-state index < -0.39 is 23.3 Å². The number of hydrogen-bond acceptors (Lipinski definition) is 4. The number of hydrogen-bond donors (Lipinski definition) is 1. The molecule has 0 radical (unpaired) electrons. The predicted octanol–water partition coefficient (Wildman–Crippen LogP) is 2.57. The molecule has 2 aromatic carbocycles. The summed E-state index contributed by atoms with van der Waals surface area (Å²) in [6.07, 6.45) is 0.272. The maximum absolute atomic E-state index is 13.5. The van der Waals surface area contributed by atoms with Gasteiger partial charge in [-0.1, -0.05) is 29.8 Å². The van der Waals surface area contributed by atoms with Crippen LogP contribution in [0.4, 0.5) is 16.2 Å². The zero-order valence-electron chi connectivity index (χ0n) is 15.6. The van der Waals surface area contributed by atoms with E-state index in [0.29, 0.717) is 5.69 Å². The van der Waals surface area contributed by atoms with Gasteiger partial charge in [0, 0.05) is 19.3 Å². The van der Waals surface area contributed by atoms with Crippen LogP contribution in [0.25, 0.3) is 0 Å². The van der Waals surface area contributed by atoms with Gasteiger partial charge in [0.05, 0.1) is 5.69 Å². The van der Waals surface area contributed by atoms with E-state index in [1.807, 2.05) is 50.1 Å². The van der Waals surface area contributed by atoms with E-state index >= 15 is 0 Å². The average Bonchev–Trinajstić information content (AvgIpc) is 2.60. The Hall–Kier alpha value is -3.15. The maximum atomic E-state index is 13.5. The van der Waals surface area contributed by atoms with Crippen LogP contribution in [0, 0.1) is 19.3 Å². The van der Waals surface area contributed by atoms with Gasteiger partial charge in [-0.15, -0.1) is 0 Å². The fourth-order valence-electron chi connectivity index (χ4n) is 4.07. The van der Waals surface area contributed by atoms with Crippen LogP contribution in [0.3, 0.4) is 0 Å². The minimum atomic E-state index is -1.33. The lowest BCUT2D eigenvalue weighted by Gasteiger charge is -2.45. The van der Waals surface area contributed by atoms with Crippen molar-refractivity contribution < 1.29 is 14.4 Å². The van der Waals surface area contributed by atoms with E-state index in [1.165, 1.54) is 0 Å². The zero-order valence-corrected chi connectivity index (χ0v) is 15.6. The van der Waals surface area contributed by atoms with Crippen molar-refractivity contribution in [1.29, 1.82) is 0 Å². The first-order valence-corrected chi connectivity index (χ1v) is 8.89. The number of barbiturate groups is 1. The van der Waals surface area contributed by atoms with E-state index in [0.717, 1.165) is 27.3 Å². The molecule has 1 N–H and O–H groups in total. The molecule has 6 nitrogen and oxygen atoms in total. The molecule has 1 fully saturated rings. The number of carbonyl (C=O) groups is 3. The molecule has 1 spiro atoms. The van der Waals surface area contributed by atoms with Gasteiger partial charge in [-0.3, -0.25) is 14.9 Å². The van der Waals surface area contributed by atoms with Gasteiger partial charge >= 0.3 is 6.03 Å². The molecule has 0 unspecified atom stereocenters. The monoisotopic (exact) mass is 363 g/mol. The molecular formula is C21H21N3O3. The van der Waals surface area contributed by atoms with E-state index in [1.54, 1.807) is 18.2 Å². The van der Waals surface area contributed by atoms with E-state index in [2.05, 4.69) is 5.32 Å². The van der Waals surface area contributed by atoms with Crippen molar-refractivity contribution in [3.63, 3.8) is 0 Å². The van der Waals surface area contributed by atoms with Crippen LogP contribution >= 0.6 is 0 Å². The quantitative estimate of drug-likeness (QED) is 0.791. The summed E-state index contributed by atoms with van der Waals surface area (Å²) in [6, 6.07) is 12.5. The second kappa shape index (κ2) is 5.94. The van der Waals surface area contributed by atoms with Crippen molar-refractivity contribution in [2.24, 2.45) is 5.41 Å². The van der Waals surface area contributed by atoms with Crippen LogP contribution in [0.15, 0.2) is 42.5 Å². The summed E-state index contributed by atoms with van der Waals surface area (Å²) in [7, 11) is 1.86. The third-order valence-corrected chi connectivity index (χ3v) is 5.38. The van der Waals surface area contributed by atoms with Crippen molar-refractivity contribution in [1.82, 2.24) is 5.32 Å². The second-order valence-corrected chi connectivity index (χ2v) is 7.49. The summed E-state index contributed by atoms with van der Waals surface area (Å²) in [5, 5.41) is 2.40. The number of rotatable bonds is 1. The SMILES string of the molecule is Cc1cccc(N2C(=O)NC(=O)[C@@]3(Cc4cc(C)ccc4N(C)C3)C2=O)c1. The maximum Gasteiger partial charge on any atom is 0.335 e. The molecule has 0 aliphatic carbocycles. The Morgan fingerprint density at radius 3 is 2.48 bits per heavy atom. The van der Waals surface area contributed by atoms with Gasteiger partial charge in [0.15, 0.2) is 5.41 Å². The summed E-state index contributed by atoms with van der Waals surface area (Å²) in [5.74, 6) is -0.999. The normalized spacial score (nSPS) is 22.1. The third-order valence-electron chi connectivity index (χ3n) is 5.38. The number of nitrogens with one attached hydrogen (secondary N) is 1. The molecule has 0 saturated carbocycles. The Morgan fingerprint density at radius 1 is 1.00 bits per heavy atom. The lowest BCUT2D eigenvalue weighted by molar-refractivity contribution is -0.142. The van der Waals surface area contributed by atoms with Gasteiger partial charge < -0.3 is 4.90 Å². The summed E-state index contributed by atoms with van der Waals surface area (Å²) < 4.78 is 0. The molecule has 138 valence electrons. The Kier molecular flexibility index (Phi) is 3.80. The van der Waals surface area contributed by atoms with Crippen molar-refractivity contribution in [3.05, 3.63) is 59.2 Å². The van der Waals surface area contributed by atoms with E-state index in [9.17, 15) is 14.4 Å². The standard InChI is InChI=1S/C21H21N3O3/c1-13-5-4-6-16(10-13)24-19(26)21(18(25)22-20(24)27)11-15-9-14(2)7-8-17(15)23(3)12-21/h4-10H,11-12H2,1-3H3,(H,22,25,27)/t21-/m0/s1. The number of benzene rings is 2. The summed E-state index contributed by atoms with van der Waals surface area (Å²) in [4.78, 5) is 41.9. The number of fused-ring (bicyclic) bond motifs is 1. The Balaban J connectivity index is 1.81. The Bertz CT molecular complexity index is 984. The van der Waals surface area contributed by atoms with Crippen LogP contribution in [0.5, 0.6) is 0 Å². The fourth-order valence-corrected chi connectivity index (χ4v) is 4.07. The molecule has 1 atom stereocenters. The zero-order chi connectivity index (χ0) is 19.3. The minimum absolute atomic E-state index is 0.226. The summed E-state index contributed by atoms with van der Waals surface area (Å²) in [5.41, 5.74) is 3.08. The first kappa shape index (κ1) is 17.3. The number of imide groups is 2. The highest BCUT2D eigenvalue weighted by Crippen LogP contribution is 2.40. The van der Waals surface area contributed by atoms with Gasteiger partial charge in [-0.2, -0.15) is 0 Å². The summed E-state index contributed by atoms with van der Waals surface area (Å²) in [6.45, 7) is 4.10. The largest absolute Gasteiger partial charge is 0.373 e. The van der Waals surface area contributed by atoms with E-state index in [-0.39, 0.29) is 13.0 Å². The van der Waals surface area contributed by atoms with Gasteiger partial charge in [-0.25, -0.2) is 9.69 Å².